The molecular formula is C24H16N2O2. The summed E-state index contributed by atoms with van der Waals surface area (Å²) in [4.78, 5) is 30.1. The predicted molar refractivity (Wildman–Crippen MR) is 111 cm³/mol. The van der Waals surface area contributed by atoms with Crippen LogP contribution in [0.5, 0.6) is 0 Å². The second-order valence-electron chi connectivity index (χ2n) is 6.90. The third-order valence-electron chi connectivity index (χ3n) is 5.09. The zero-order valence-corrected chi connectivity index (χ0v) is 15.2. The normalized spacial score (nSPS) is 14.1. The van der Waals surface area contributed by atoms with Crippen molar-refractivity contribution in [1.29, 1.82) is 0 Å². The number of rotatable bonds is 2. The summed E-state index contributed by atoms with van der Waals surface area (Å²) < 4.78 is 0. The molecule has 0 fully saturated rings. The van der Waals surface area contributed by atoms with Crippen LogP contribution >= 0.6 is 0 Å². The Morgan fingerprint density at radius 1 is 0.857 bits per heavy atom. The molecule has 3 aromatic carbocycles. The van der Waals surface area contributed by atoms with Crippen molar-refractivity contribution in [3.8, 4) is 0 Å². The molecule has 0 spiro atoms. The first-order valence-corrected chi connectivity index (χ1v) is 9.08. The molecule has 1 aliphatic heterocycles. The monoisotopic (exact) mass is 364 g/mol. The molecule has 2 aliphatic rings. The smallest absolute Gasteiger partial charge is 0.200 e. The summed E-state index contributed by atoms with van der Waals surface area (Å²) in [6.07, 6.45) is 3.56. The average Bonchev–Trinajstić information content (AvgIpc) is 2.70. The molecule has 3 aromatic rings. The van der Waals surface area contributed by atoms with Gasteiger partial charge < -0.3 is 5.32 Å². The van der Waals surface area contributed by atoms with Crippen LogP contribution in [0.4, 0.5) is 17.1 Å². The second-order valence-corrected chi connectivity index (χ2v) is 6.90. The number of benzene rings is 3. The van der Waals surface area contributed by atoms with Gasteiger partial charge in [0.05, 0.1) is 22.6 Å². The number of Topliss-reactive ketones (excluding diaryl/α,β-unsaturated/α-hetero) is 1. The van der Waals surface area contributed by atoms with E-state index in [2.05, 4.69) is 10.3 Å². The van der Waals surface area contributed by atoms with Crippen molar-refractivity contribution < 1.29 is 9.59 Å². The fraction of sp³-hybridized carbons (Fsp3) is 0.0417. The van der Waals surface area contributed by atoms with E-state index in [1.54, 1.807) is 13.0 Å². The maximum absolute atomic E-state index is 13.4. The Hall–Kier alpha value is -3.79. The van der Waals surface area contributed by atoms with E-state index < -0.39 is 0 Å². The third-order valence-corrected chi connectivity index (χ3v) is 5.09. The largest absolute Gasteiger partial charge is 0.355 e. The minimum atomic E-state index is -0.127. The molecule has 0 amide bonds. The summed E-state index contributed by atoms with van der Waals surface area (Å²) >= 11 is 0. The fourth-order valence-electron chi connectivity index (χ4n) is 3.71. The van der Waals surface area contributed by atoms with Crippen molar-refractivity contribution in [3.05, 3.63) is 87.8 Å². The van der Waals surface area contributed by atoms with Gasteiger partial charge in [0.1, 0.15) is 0 Å². The molecule has 0 unspecified atom stereocenters. The lowest BCUT2D eigenvalue weighted by molar-refractivity contribution is -0.107. The first kappa shape index (κ1) is 16.4. The van der Waals surface area contributed by atoms with Gasteiger partial charge in [-0.2, -0.15) is 0 Å². The Bertz CT molecular complexity index is 1320. The minimum Gasteiger partial charge on any atom is -0.355 e. The van der Waals surface area contributed by atoms with Crippen molar-refractivity contribution in [2.45, 2.75) is 6.92 Å². The molecule has 28 heavy (non-hydrogen) atoms. The van der Waals surface area contributed by atoms with Crippen LogP contribution in [0.2, 0.25) is 0 Å². The van der Waals surface area contributed by atoms with Crippen molar-refractivity contribution in [1.82, 2.24) is 0 Å². The molecule has 4 nitrogen and oxygen atoms in total. The van der Waals surface area contributed by atoms with Crippen molar-refractivity contribution in [2.75, 3.05) is 5.32 Å². The summed E-state index contributed by atoms with van der Waals surface area (Å²) in [7, 11) is 0. The van der Waals surface area contributed by atoms with E-state index >= 15 is 0 Å². The van der Waals surface area contributed by atoms with Crippen molar-refractivity contribution in [2.24, 2.45) is 4.99 Å². The lowest BCUT2D eigenvalue weighted by Gasteiger charge is -2.20. The number of carbonyl (C=O) groups is 2. The van der Waals surface area contributed by atoms with Gasteiger partial charge in [-0.3, -0.25) is 9.59 Å². The molecule has 134 valence electrons. The highest BCUT2D eigenvalue weighted by molar-refractivity contribution is 6.51. The van der Waals surface area contributed by atoms with Gasteiger partial charge in [-0.15, -0.1) is 0 Å². The zero-order valence-electron chi connectivity index (χ0n) is 15.2. The number of hydrogen-bond donors (Lipinski definition) is 1. The molecule has 0 aromatic heterocycles. The number of para-hydroxylation sites is 1. The lowest BCUT2D eigenvalue weighted by Crippen LogP contribution is -2.38. The average molecular weight is 364 g/mol. The molecule has 0 bridgehead atoms. The highest BCUT2D eigenvalue weighted by atomic mass is 16.1. The molecule has 1 heterocycles. The van der Waals surface area contributed by atoms with Gasteiger partial charge in [0.2, 0.25) is 0 Å². The number of ketones is 2. The van der Waals surface area contributed by atoms with Crippen LogP contribution in [0, 0.1) is 0 Å². The Labute approximate surface area is 161 Å². The quantitative estimate of drug-likeness (QED) is 0.594. The maximum Gasteiger partial charge on any atom is 0.200 e. The van der Waals surface area contributed by atoms with Gasteiger partial charge >= 0.3 is 0 Å². The van der Waals surface area contributed by atoms with Gasteiger partial charge in [-0.1, -0.05) is 42.5 Å². The zero-order chi connectivity index (χ0) is 19.3. The maximum atomic E-state index is 13.4. The molecule has 5 rings (SSSR count). The van der Waals surface area contributed by atoms with Crippen molar-refractivity contribution >= 4 is 46.5 Å². The Morgan fingerprint density at radius 3 is 2.43 bits per heavy atom. The van der Waals surface area contributed by atoms with E-state index in [4.69, 9.17) is 0 Å². The number of aliphatic imine (C=N–C) groups is 1. The molecular weight excluding hydrogens is 348 g/mol. The van der Waals surface area contributed by atoms with E-state index in [1.807, 2.05) is 66.7 Å². The van der Waals surface area contributed by atoms with E-state index in [-0.39, 0.29) is 11.6 Å². The molecule has 1 N–H and O–H groups in total. The number of anilines is 2. The lowest BCUT2D eigenvalue weighted by atomic mass is 9.88. The van der Waals surface area contributed by atoms with Crippen LogP contribution < -0.4 is 15.8 Å². The third kappa shape index (κ3) is 2.50. The first-order chi connectivity index (χ1) is 13.6. The van der Waals surface area contributed by atoms with Gasteiger partial charge in [0.25, 0.3) is 0 Å². The molecule has 0 radical (unpaired) electrons. The highest BCUT2D eigenvalue weighted by Crippen LogP contribution is 2.28. The van der Waals surface area contributed by atoms with E-state index in [9.17, 15) is 9.59 Å². The predicted octanol–water partition coefficient (Wildman–Crippen LogP) is 3.26. The first-order valence-electron chi connectivity index (χ1n) is 9.08. The number of hydrogen-bond acceptors (Lipinski definition) is 4. The van der Waals surface area contributed by atoms with Gasteiger partial charge in [-0.05, 0) is 48.1 Å². The summed E-state index contributed by atoms with van der Waals surface area (Å²) in [5.74, 6) is -0.181. The Kier molecular flexibility index (Phi) is 3.59. The van der Waals surface area contributed by atoms with Crippen LogP contribution in [-0.2, 0) is 4.79 Å². The Balaban J connectivity index is 1.86. The molecule has 0 atom stereocenters. The van der Waals surface area contributed by atoms with Crippen LogP contribution in [0.3, 0.4) is 0 Å². The molecule has 0 saturated carbocycles. The standard InChI is InChI=1S/C24H16N2O2/c1-14-22(27)12-18-19-11-15-7-5-6-10-17(15)24(28)23(19)21(13-20(18)25-14)26-16-8-3-2-4-9-16/h2-13,26H,1H3. The van der Waals surface area contributed by atoms with Crippen LogP contribution in [-0.4, -0.2) is 17.3 Å². The number of nitrogens with zero attached hydrogens (tertiary/aromatic N) is 1. The van der Waals surface area contributed by atoms with Gasteiger partial charge in [0, 0.05) is 16.5 Å². The summed E-state index contributed by atoms with van der Waals surface area (Å²) in [5.41, 5.74) is 4.79. The Morgan fingerprint density at radius 2 is 1.61 bits per heavy atom. The van der Waals surface area contributed by atoms with Gasteiger partial charge in [0.15, 0.2) is 11.6 Å². The SMILES string of the molecule is CC1=Nc2cc(Nc3ccccc3)c3c(c2=CC1=O)=Cc1ccccc1C3=O. The van der Waals surface area contributed by atoms with Crippen LogP contribution in [0.1, 0.15) is 28.4 Å². The summed E-state index contributed by atoms with van der Waals surface area (Å²) in [6.45, 7) is 1.70. The summed E-state index contributed by atoms with van der Waals surface area (Å²) in [5, 5.41) is 4.80. The summed E-state index contributed by atoms with van der Waals surface area (Å²) in [6, 6.07) is 19.1. The number of carbonyl (C=O) groups excluding carboxylic acids is 2. The minimum absolute atomic E-state index is 0.0542. The molecule has 4 heteroatoms. The van der Waals surface area contributed by atoms with Crippen molar-refractivity contribution in [3.63, 3.8) is 0 Å². The van der Waals surface area contributed by atoms with E-state index in [1.165, 1.54) is 0 Å². The van der Waals surface area contributed by atoms with Gasteiger partial charge in [-0.25, -0.2) is 4.99 Å². The number of fused-ring (bicyclic) bond motifs is 4. The van der Waals surface area contributed by atoms with Crippen LogP contribution in [0.15, 0.2) is 65.7 Å². The fourth-order valence-corrected chi connectivity index (χ4v) is 3.71. The van der Waals surface area contributed by atoms with E-state index in [0.717, 1.165) is 16.5 Å². The molecule has 1 aliphatic carbocycles. The number of nitrogens with one attached hydrogen (secondary N) is 1. The highest BCUT2D eigenvalue weighted by Gasteiger charge is 2.25. The molecule has 0 saturated heterocycles. The second kappa shape index (κ2) is 6.13. The topological polar surface area (TPSA) is 58.5 Å². The van der Waals surface area contributed by atoms with E-state index in [0.29, 0.717) is 33.4 Å². The van der Waals surface area contributed by atoms with Crippen LogP contribution in [0.25, 0.3) is 12.2 Å².